The predicted octanol–water partition coefficient (Wildman–Crippen LogP) is 0.797. The van der Waals surface area contributed by atoms with E-state index in [4.69, 9.17) is 4.74 Å². The summed E-state index contributed by atoms with van der Waals surface area (Å²) in [6.45, 7) is 11.1. The van der Waals surface area contributed by atoms with E-state index >= 15 is 0 Å². The second-order valence-electron chi connectivity index (χ2n) is 5.63. The molecule has 0 saturated carbocycles. The van der Waals surface area contributed by atoms with Gasteiger partial charge in [0, 0.05) is 12.3 Å². The smallest absolute Gasteiger partial charge is 0.209 e. The first-order chi connectivity index (χ1) is 9.99. The zero-order chi connectivity index (χ0) is 15.7. The van der Waals surface area contributed by atoms with Gasteiger partial charge in [0.2, 0.25) is 5.16 Å². The Hall–Kier alpha value is -0.700. The molecule has 0 saturated heterocycles. The molecule has 1 unspecified atom stereocenters. The number of tetrazole rings is 1. The minimum absolute atomic E-state index is 0.127. The molecular formula is C13H27N5O2S. The zero-order valence-corrected chi connectivity index (χ0v) is 14.1. The second kappa shape index (κ2) is 10.1. The van der Waals surface area contributed by atoms with E-state index in [9.17, 15) is 5.11 Å². The van der Waals surface area contributed by atoms with Crippen molar-refractivity contribution in [3.63, 3.8) is 0 Å². The minimum atomic E-state index is -0.512. The Labute approximate surface area is 130 Å². The molecular weight excluding hydrogens is 290 g/mol. The van der Waals surface area contributed by atoms with Crippen LogP contribution in [0.3, 0.4) is 0 Å². The maximum atomic E-state index is 9.83. The van der Waals surface area contributed by atoms with Crippen LogP contribution in [-0.2, 0) is 11.3 Å². The molecule has 122 valence electrons. The number of aliphatic hydroxyl groups is 1. The SMILES string of the molecule is CC(C)CNCCn1nnnc1SCC(O)COC(C)C. The average molecular weight is 317 g/mol. The van der Waals surface area contributed by atoms with Crippen LogP contribution < -0.4 is 5.32 Å². The zero-order valence-electron chi connectivity index (χ0n) is 13.3. The van der Waals surface area contributed by atoms with Gasteiger partial charge >= 0.3 is 0 Å². The average Bonchev–Trinajstić information content (AvgIpc) is 2.86. The Balaban J connectivity index is 2.27. The van der Waals surface area contributed by atoms with Gasteiger partial charge in [0.05, 0.1) is 25.4 Å². The third kappa shape index (κ3) is 8.35. The number of nitrogens with one attached hydrogen (secondary N) is 1. The summed E-state index contributed by atoms with van der Waals surface area (Å²) in [7, 11) is 0. The molecule has 0 bridgehead atoms. The molecule has 1 atom stereocenters. The van der Waals surface area contributed by atoms with Gasteiger partial charge in [0.15, 0.2) is 0 Å². The van der Waals surface area contributed by atoms with Crippen LogP contribution in [0.5, 0.6) is 0 Å². The van der Waals surface area contributed by atoms with Crippen molar-refractivity contribution in [2.24, 2.45) is 5.92 Å². The maximum Gasteiger partial charge on any atom is 0.209 e. The van der Waals surface area contributed by atoms with Gasteiger partial charge in [-0.25, -0.2) is 4.68 Å². The largest absolute Gasteiger partial charge is 0.390 e. The van der Waals surface area contributed by atoms with Gasteiger partial charge < -0.3 is 15.2 Å². The summed E-state index contributed by atoms with van der Waals surface area (Å²) in [6.07, 6.45) is -0.386. The van der Waals surface area contributed by atoms with Crippen molar-refractivity contribution in [3.05, 3.63) is 0 Å². The highest BCUT2D eigenvalue weighted by atomic mass is 32.2. The van der Waals surface area contributed by atoms with E-state index in [2.05, 4.69) is 34.7 Å². The fourth-order valence-corrected chi connectivity index (χ4v) is 2.35. The number of ether oxygens (including phenoxy) is 1. The van der Waals surface area contributed by atoms with Gasteiger partial charge in [-0.3, -0.25) is 0 Å². The molecule has 1 heterocycles. The lowest BCUT2D eigenvalue weighted by Crippen LogP contribution is -2.25. The van der Waals surface area contributed by atoms with Gasteiger partial charge in [0.1, 0.15) is 0 Å². The van der Waals surface area contributed by atoms with Crippen LogP contribution in [0, 0.1) is 5.92 Å². The van der Waals surface area contributed by atoms with Crippen molar-refractivity contribution >= 4 is 11.8 Å². The number of hydrogen-bond donors (Lipinski definition) is 2. The summed E-state index contributed by atoms with van der Waals surface area (Å²) in [5.74, 6) is 1.15. The fourth-order valence-electron chi connectivity index (χ4n) is 1.54. The third-order valence-corrected chi connectivity index (χ3v) is 3.68. The van der Waals surface area contributed by atoms with Gasteiger partial charge in [-0.1, -0.05) is 25.6 Å². The number of hydrogen-bond acceptors (Lipinski definition) is 7. The van der Waals surface area contributed by atoms with E-state index < -0.39 is 6.10 Å². The van der Waals surface area contributed by atoms with E-state index in [0.717, 1.165) is 24.8 Å². The lowest BCUT2D eigenvalue weighted by molar-refractivity contribution is 0.0152. The van der Waals surface area contributed by atoms with Crippen molar-refractivity contribution in [2.75, 3.05) is 25.4 Å². The number of aliphatic hydroxyl groups excluding tert-OH is 1. The molecule has 0 aliphatic rings. The molecule has 1 rings (SSSR count). The molecule has 2 N–H and O–H groups in total. The van der Waals surface area contributed by atoms with Crippen LogP contribution in [0.4, 0.5) is 0 Å². The minimum Gasteiger partial charge on any atom is -0.390 e. The number of thioether (sulfide) groups is 1. The molecule has 0 amide bonds. The Morgan fingerprint density at radius 1 is 1.33 bits per heavy atom. The van der Waals surface area contributed by atoms with Crippen molar-refractivity contribution in [3.8, 4) is 0 Å². The summed E-state index contributed by atoms with van der Waals surface area (Å²) >= 11 is 1.45. The van der Waals surface area contributed by atoms with Crippen LogP contribution >= 0.6 is 11.8 Å². The van der Waals surface area contributed by atoms with Gasteiger partial charge in [0.25, 0.3) is 0 Å². The number of nitrogens with zero attached hydrogens (tertiary/aromatic N) is 4. The van der Waals surface area contributed by atoms with E-state index in [-0.39, 0.29) is 6.10 Å². The Morgan fingerprint density at radius 3 is 2.76 bits per heavy atom. The molecule has 0 aliphatic heterocycles. The Bertz CT molecular complexity index is 386. The van der Waals surface area contributed by atoms with Gasteiger partial charge in [-0.15, -0.1) is 5.10 Å². The van der Waals surface area contributed by atoms with E-state index in [1.807, 2.05) is 13.8 Å². The molecule has 0 radical (unpaired) electrons. The second-order valence-corrected chi connectivity index (χ2v) is 6.62. The highest BCUT2D eigenvalue weighted by Gasteiger charge is 2.11. The molecule has 21 heavy (non-hydrogen) atoms. The molecule has 0 fully saturated rings. The van der Waals surface area contributed by atoms with Crippen molar-refractivity contribution in [2.45, 2.75) is 51.6 Å². The first-order valence-corrected chi connectivity index (χ1v) is 8.37. The van der Waals surface area contributed by atoms with E-state index in [1.165, 1.54) is 11.8 Å². The number of rotatable bonds is 11. The molecule has 0 aromatic carbocycles. The number of aromatic nitrogens is 4. The summed E-state index contributed by atoms with van der Waals surface area (Å²) in [4.78, 5) is 0. The first kappa shape index (κ1) is 18.3. The Kier molecular flexibility index (Phi) is 8.82. The van der Waals surface area contributed by atoms with E-state index in [0.29, 0.717) is 18.3 Å². The van der Waals surface area contributed by atoms with Crippen LogP contribution in [-0.4, -0.2) is 63.0 Å². The highest BCUT2D eigenvalue weighted by Crippen LogP contribution is 2.14. The van der Waals surface area contributed by atoms with E-state index in [1.54, 1.807) is 4.68 Å². The van der Waals surface area contributed by atoms with Crippen LogP contribution in [0.1, 0.15) is 27.7 Å². The van der Waals surface area contributed by atoms with Crippen LogP contribution in [0.15, 0.2) is 5.16 Å². The summed E-state index contributed by atoms with van der Waals surface area (Å²) in [6, 6.07) is 0. The molecule has 1 aromatic heterocycles. The molecule has 0 aliphatic carbocycles. The third-order valence-electron chi connectivity index (χ3n) is 2.58. The topological polar surface area (TPSA) is 85.1 Å². The molecule has 1 aromatic rings. The monoisotopic (exact) mass is 317 g/mol. The van der Waals surface area contributed by atoms with Crippen molar-refractivity contribution in [1.29, 1.82) is 0 Å². The summed E-state index contributed by atoms with van der Waals surface area (Å²) in [5, 5.41) is 25.5. The molecule has 8 heteroatoms. The fraction of sp³-hybridized carbons (Fsp3) is 0.923. The molecule has 7 nitrogen and oxygen atoms in total. The summed E-state index contributed by atoms with van der Waals surface area (Å²) < 4.78 is 7.13. The standard InChI is InChI=1S/C13H27N5O2S/c1-10(2)7-14-5-6-18-13(15-16-17-18)21-9-12(19)8-20-11(3)4/h10-12,14,19H,5-9H2,1-4H3. The first-order valence-electron chi connectivity index (χ1n) is 7.38. The van der Waals surface area contributed by atoms with Crippen molar-refractivity contribution in [1.82, 2.24) is 25.5 Å². The van der Waals surface area contributed by atoms with Crippen molar-refractivity contribution < 1.29 is 9.84 Å². The molecule has 0 spiro atoms. The maximum absolute atomic E-state index is 9.83. The lowest BCUT2D eigenvalue weighted by atomic mass is 10.2. The lowest BCUT2D eigenvalue weighted by Gasteiger charge is -2.13. The van der Waals surface area contributed by atoms with Gasteiger partial charge in [-0.2, -0.15) is 0 Å². The van der Waals surface area contributed by atoms with Crippen LogP contribution in [0.25, 0.3) is 0 Å². The van der Waals surface area contributed by atoms with Crippen LogP contribution in [0.2, 0.25) is 0 Å². The van der Waals surface area contributed by atoms with Gasteiger partial charge in [-0.05, 0) is 36.7 Å². The summed E-state index contributed by atoms with van der Waals surface area (Å²) in [5.41, 5.74) is 0. The Morgan fingerprint density at radius 2 is 2.10 bits per heavy atom. The predicted molar refractivity (Wildman–Crippen MR) is 83.3 cm³/mol. The normalized spacial score (nSPS) is 13.3. The quantitative estimate of drug-likeness (QED) is 0.461. The highest BCUT2D eigenvalue weighted by molar-refractivity contribution is 7.99.